The third-order valence-corrected chi connectivity index (χ3v) is 10.3. The summed E-state index contributed by atoms with van der Waals surface area (Å²) in [6.45, 7) is 7.58. The Hall–Kier alpha value is -4.07. The van der Waals surface area contributed by atoms with Gasteiger partial charge in [0.2, 0.25) is 0 Å². The van der Waals surface area contributed by atoms with Gasteiger partial charge in [-0.05, 0) is 135 Å². The molecule has 1 heterocycles. The predicted molar refractivity (Wildman–Crippen MR) is 167 cm³/mol. The topological polar surface area (TPSA) is 76.1 Å². The smallest absolute Gasteiger partial charge is 0.338 e. The Labute approximate surface area is 242 Å². The van der Waals surface area contributed by atoms with E-state index in [2.05, 4.69) is 40.5 Å². The van der Waals surface area contributed by atoms with E-state index in [1.54, 1.807) is 24.3 Å². The van der Waals surface area contributed by atoms with Crippen molar-refractivity contribution in [2.24, 2.45) is 0 Å². The molecule has 0 saturated carbocycles. The summed E-state index contributed by atoms with van der Waals surface area (Å²) in [5, 5.41) is 8.94. The number of anilines is 2. The molecule has 0 fully saturated rings. The Morgan fingerprint density at radius 2 is 1.56 bits per heavy atom. The summed E-state index contributed by atoms with van der Waals surface area (Å²) in [7, 11) is 0.452. The number of benzene rings is 3. The molecule has 5 rings (SSSR count). The normalized spacial score (nSPS) is 16.4. The molecular formula is C34H35NO5S. The summed E-state index contributed by atoms with van der Waals surface area (Å²) >= 11 is 0. The quantitative estimate of drug-likeness (QED) is 0.192. The summed E-state index contributed by atoms with van der Waals surface area (Å²) in [6.07, 6.45) is 9.82. The van der Waals surface area contributed by atoms with Crippen LogP contribution in [0.5, 0.6) is 5.75 Å². The molecule has 0 amide bonds. The van der Waals surface area contributed by atoms with Crippen LogP contribution < -0.4 is 9.79 Å². The number of ether oxygens (including phenoxy) is 1. The molecule has 212 valence electrons. The minimum absolute atomic E-state index is 0.0106. The van der Waals surface area contributed by atoms with Crippen LogP contribution in [0.15, 0.2) is 94.3 Å². The lowest BCUT2D eigenvalue weighted by atomic mass is 9.87. The zero-order valence-electron chi connectivity index (χ0n) is 24.4. The third-order valence-electron chi connectivity index (χ3n) is 7.40. The lowest BCUT2D eigenvalue weighted by molar-refractivity contribution is -0.137. The minimum Gasteiger partial charge on any atom is -0.456 e. The van der Waals surface area contributed by atoms with Crippen molar-refractivity contribution in [3.05, 3.63) is 112 Å². The molecule has 1 aliphatic carbocycles. The molecule has 7 heteroatoms. The van der Waals surface area contributed by atoms with Crippen molar-refractivity contribution < 1.29 is 24.5 Å². The van der Waals surface area contributed by atoms with E-state index in [4.69, 9.17) is 9.99 Å². The van der Waals surface area contributed by atoms with E-state index in [0.717, 1.165) is 44.1 Å². The molecule has 0 aromatic heterocycles. The number of hydrogen-bond donors (Lipinski definition) is 1. The van der Waals surface area contributed by atoms with Gasteiger partial charge in [0, 0.05) is 28.2 Å². The maximum atomic E-state index is 12.8. The van der Waals surface area contributed by atoms with Crippen LogP contribution in [0, 0.1) is 6.92 Å². The van der Waals surface area contributed by atoms with Gasteiger partial charge < -0.3 is 14.5 Å². The first kappa shape index (κ1) is 28.5. The first-order chi connectivity index (χ1) is 19.3. The molecule has 0 unspecified atom stereocenters. The number of nitrogens with zero attached hydrogens (tertiary/aromatic N) is 1. The second kappa shape index (κ2) is 10.4. The second-order valence-electron chi connectivity index (χ2n) is 11.7. The average molecular weight is 570 g/mol. The van der Waals surface area contributed by atoms with Gasteiger partial charge in [0.25, 0.3) is 0 Å². The average Bonchev–Trinajstić information content (AvgIpc) is 2.93. The summed E-state index contributed by atoms with van der Waals surface area (Å²) in [4.78, 5) is 34.0. The van der Waals surface area contributed by atoms with Crippen LogP contribution in [0.1, 0.15) is 47.8 Å². The monoisotopic (exact) mass is 569 g/mol. The standard InChI is InChI=1S/C34H35NO5S/c1-21-18-22(33(37)39-34(2,3)4)8-15-27(21)32-28-16-11-24(35(5)23-9-13-26(40-38)14-10-23)19-30(28)41(6,7)31-20-25(36)12-17-29(31)32/h8-20,38H,1-7H3. The van der Waals surface area contributed by atoms with E-state index in [9.17, 15) is 9.59 Å². The highest BCUT2D eigenvalue weighted by Gasteiger charge is 2.36. The van der Waals surface area contributed by atoms with E-state index in [-0.39, 0.29) is 11.8 Å². The Kier molecular flexibility index (Phi) is 7.22. The van der Waals surface area contributed by atoms with Crippen molar-refractivity contribution in [1.82, 2.24) is 0 Å². The van der Waals surface area contributed by atoms with Crippen molar-refractivity contribution >= 4 is 38.7 Å². The van der Waals surface area contributed by atoms with E-state index in [1.165, 1.54) is 4.90 Å². The highest BCUT2D eigenvalue weighted by atomic mass is 32.3. The van der Waals surface area contributed by atoms with Crippen molar-refractivity contribution in [3.8, 4) is 5.75 Å². The van der Waals surface area contributed by atoms with Crippen LogP contribution in [0.25, 0.3) is 5.57 Å². The Balaban J connectivity index is 1.65. The molecule has 0 spiro atoms. The van der Waals surface area contributed by atoms with Crippen molar-refractivity contribution in [3.63, 3.8) is 0 Å². The minimum atomic E-state index is -1.54. The molecule has 0 radical (unpaired) electrons. The number of ketones is 1. The number of hydrogen-bond acceptors (Lipinski definition) is 6. The first-order valence-electron chi connectivity index (χ1n) is 13.4. The van der Waals surface area contributed by atoms with E-state index in [0.29, 0.717) is 11.3 Å². The molecule has 3 aromatic carbocycles. The fourth-order valence-electron chi connectivity index (χ4n) is 5.32. The lowest BCUT2D eigenvalue weighted by Gasteiger charge is -2.43. The fraction of sp³-hybridized carbons (Fsp3) is 0.235. The fourth-order valence-corrected chi connectivity index (χ4v) is 7.82. The highest BCUT2D eigenvalue weighted by molar-refractivity contribution is 8.36. The van der Waals surface area contributed by atoms with E-state index >= 15 is 0 Å². The predicted octanol–water partition coefficient (Wildman–Crippen LogP) is 7.83. The number of allylic oxidation sites excluding steroid dienone is 4. The molecule has 3 aromatic rings. The molecular weight excluding hydrogens is 534 g/mol. The van der Waals surface area contributed by atoms with Crippen LogP contribution in [0.3, 0.4) is 0 Å². The highest BCUT2D eigenvalue weighted by Crippen LogP contribution is 2.66. The first-order valence-corrected chi connectivity index (χ1v) is 15.8. The number of esters is 1. The van der Waals surface area contributed by atoms with Crippen LogP contribution in [0.4, 0.5) is 11.4 Å². The van der Waals surface area contributed by atoms with Crippen LogP contribution in [0.2, 0.25) is 0 Å². The number of rotatable bonds is 5. The van der Waals surface area contributed by atoms with Gasteiger partial charge in [-0.2, -0.15) is 10.0 Å². The molecule has 1 aliphatic heterocycles. The number of carbonyl (C=O) groups is 2. The van der Waals surface area contributed by atoms with Crippen LogP contribution in [-0.2, 0) is 9.53 Å². The lowest BCUT2D eigenvalue weighted by Crippen LogP contribution is -2.24. The molecule has 0 saturated heterocycles. The Bertz CT molecular complexity index is 1660. The summed E-state index contributed by atoms with van der Waals surface area (Å²) in [6, 6.07) is 19.3. The number of carbonyl (C=O) groups excluding carboxylic acids is 2. The van der Waals surface area contributed by atoms with Gasteiger partial charge in [0.15, 0.2) is 11.5 Å². The van der Waals surface area contributed by atoms with Crippen LogP contribution in [-0.4, -0.2) is 42.2 Å². The van der Waals surface area contributed by atoms with Gasteiger partial charge in [0.05, 0.1) is 5.56 Å². The Morgan fingerprint density at radius 1 is 0.902 bits per heavy atom. The maximum Gasteiger partial charge on any atom is 0.338 e. The maximum absolute atomic E-state index is 12.8. The largest absolute Gasteiger partial charge is 0.456 e. The third kappa shape index (κ3) is 5.35. The molecule has 41 heavy (non-hydrogen) atoms. The van der Waals surface area contributed by atoms with Crippen molar-refractivity contribution in [1.29, 1.82) is 0 Å². The SMILES string of the molecule is Cc1cc(C(=O)OC(C)(C)C)ccc1C1=C2C=CC(=O)C=C2S(C)(C)c2cc(N(C)c3ccc(OO)cc3)ccc21. The zero-order valence-corrected chi connectivity index (χ0v) is 25.3. The van der Waals surface area contributed by atoms with Gasteiger partial charge in [-0.15, -0.1) is 0 Å². The van der Waals surface area contributed by atoms with E-state index < -0.39 is 15.6 Å². The van der Waals surface area contributed by atoms with Crippen molar-refractivity contribution in [2.45, 2.75) is 38.2 Å². The summed E-state index contributed by atoms with van der Waals surface area (Å²) < 4.78 is 5.60. The molecule has 2 aliphatic rings. The number of aryl methyl sites for hydroxylation is 1. The Morgan fingerprint density at radius 3 is 2.20 bits per heavy atom. The van der Waals surface area contributed by atoms with Gasteiger partial charge in [-0.3, -0.25) is 4.79 Å². The summed E-state index contributed by atoms with van der Waals surface area (Å²) in [5.74, 6) is 0.00788. The van der Waals surface area contributed by atoms with Crippen molar-refractivity contribution in [2.75, 3.05) is 24.5 Å². The molecule has 6 nitrogen and oxygen atoms in total. The van der Waals surface area contributed by atoms with Gasteiger partial charge in [-0.1, -0.05) is 12.1 Å². The van der Waals surface area contributed by atoms with Gasteiger partial charge >= 0.3 is 5.97 Å². The summed E-state index contributed by atoms with van der Waals surface area (Å²) in [5.41, 5.74) is 7.04. The van der Waals surface area contributed by atoms with Gasteiger partial charge in [-0.25, -0.2) is 10.1 Å². The zero-order chi connectivity index (χ0) is 29.7. The molecule has 1 N–H and O–H groups in total. The molecule has 0 bridgehead atoms. The van der Waals surface area contributed by atoms with Gasteiger partial charge in [0.1, 0.15) is 5.60 Å². The number of fused-ring (bicyclic) bond motifs is 2. The second-order valence-corrected chi connectivity index (χ2v) is 15.2. The molecule has 0 atom stereocenters. The van der Waals surface area contributed by atoms with Crippen LogP contribution >= 0.6 is 10.0 Å². The van der Waals surface area contributed by atoms with E-state index in [1.807, 2.05) is 71.2 Å².